The quantitative estimate of drug-likeness (QED) is 0.429. The third-order valence-electron chi connectivity index (χ3n) is 2.36. The number of hydrogen-bond acceptors (Lipinski definition) is 4. The maximum atomic E-state index is 11.7. The fourth-order valence-corrected chi connectivity index (χ4v) is 1.86. The Kier molecular flexibility index (Phi) is 7.49. The molecular weight excluding hydrogens is 385 g/mol. The fourth-order valence-electron chi connectivity index (χ4n) is 1.57. The van der Waals surface area contributed by atoms with Crippen LogP contribution in [0.4, 0.5) is 5.69 Å². The summed E-state index contributed by atoms with van der Waals surface area (Å²) in [5.41, 5.74) is 0.672. The second-order valence-electron chi connectivity index (χ2n) is 4.77. The van der Waals surface area contributed by atoms with E-state index in [1.54, 1.807) is 38.1 Å². The van der Waals surface area contributed by atoms with Crippen LogP contribution in [-0.4, -0.2) is 22.1 Å². The summed E-state index contributed by atoms with van der Waals surface area (Å²) < 4.78 is 10.5. The summed E-state index contributed by atoms with van der Waals surface area (Å²) in [7, 11) is 0. The molecule has 0 bridgehead atoms. The molecule has 0 heterocycles. The highest BCUT2D eigenvalue weighted by molar-refractivity contribution is 14.1. The van der Waals surface area contributed by atoms with Crippen molar-refractivity contribution in [3.8, 4) is 5.75 Å². The zero-order valence-corrected chi connectivity index (χ0v) is 14.5. The molecule has 0 spiro atoms. The molecule has 1 atom stereocenters. The highest BCUT2D eigenvalue weighted by atomic mass is 127. The predicted octanol–water partition coefficient (Wildman–Crippen LogP) is 3.52. The van der Waals surface area contributed by atoms with Crippen molar-refractivity contribution in [1.82, 2.24) is 0 Å². The second kappa shape index (κ2) is 8.86. The molecule has 1 aromatic carbocycles. The lowest BCUT2D eigenvalue weighted by atomic mass is 10.2. The molecule has 0 fully saturated rings. The Balaban J connectivity index is 2.39. The van der Waals surface area contributed by atoms with Crippen molar-refractivity contribution in [2.24, 2.45) is 0 Å². The van der Waals surface area contributed by atoms with Crippen LogP contribution in [0.1, 0.15) is 33.6 Å². The number of esters is 1. The van der Waals surface area contributed by atoms with Gasteiger partial charge in [-0.2, -0.15) is 0 Å². The number of carbonyl (C=O) groups excluding carboxylic acids is 2. The van der Waals surface area contributed by atoms with Gasteiger partial charge < -0.3 is 14.8 Å². The number of alkyl halides is 1. The van der Waals surface area contributed by atoms with Crippen LogP contribution in [0.5, 0.6) is 5.75 Å². The van der Waals surface area contributed by atoms with Gasteiger partial charge in [-0.15, -0.1) is 0 Å². The molecule has 0 saturated heterocycles. The zero-order chi connectivity index (χ0) is 15.8. The predicted molar refractivity (Wildman–Crippen MR) is 89.6 cm³/mol. The molecule has 116 valence electrons. The Labute approximate surface area is 138 Å². The van der Waals surface area contributed by atoms with Crippen molar-refractivity contribution in [1.29, 1.82) is 0 Å². The van der Waals surface area contributed by atoms with Crippen LogP contribution in [0.2, 0.25) is 0 Å². The van der Waals surface area contributed by atoms with Gasteiger partial charge >= 0.3 is 5.97 Å². The summed E-state index contributed by atoms with van der Waals surface area (Å²) in [4.78, 5) is 23.1. The van der Waals surface area contributed by atoms with Crippen molar-refractivity contribution in [3.05, 3.63) is 24.3 Å². The second-order valence-corrected chi connectivity index (χ2v) is 6.53. The molecule has 1 rings (SSSR count). The highest BCUT2D eigenvalue weighted by Gasteiger charge is 2.09. The lowest BCUT2D eigenvalue weighted by Gasteiger charge is -2.10. The van der Waals surface area contributed by atoms with Gasteiger partial charge in [-0.3, -0.25) is 9.59 Å². The van der Waals surface area contributed by atoms with E-state index in [1.165, 1.54) is 0 Å². The number of benzene rings is 1. The van der Waals surface area contributed by atoms with Gasteiger partial charge in [-0.05, 0) is 67.6 Å². The number of nitrogens with one attached hydrogen (secondary N) is 1. The summed E-state index contributed by atoms with van der Waals surface area (Å²) in [6.07, 6.45) is 0.0278. The molecule has 0 unspecified atom stereocenters. The van der Waals surface area contributed by atoms with Crippen LogP contribution in [-0.2, 0) is 14.3 Å². The Hall–Kier alpha value is -1.31. The first-order chi connectivity index (χ1) is 9.86. The summed E-state index contributed by atoms with van der Waals surface area (Å²) >= 11 is 2.16. The van der Waals surface area contributed by atoms with Gasteiger partial charge in [0.2, 0.25) is 5.91 Å². The van der Waals surface area contributed by atoms with Crippen LogP contribution >= 0.6 is 22.6 Å². The number of ether oxygens (including phenoxy) is 2. The summed E-state index contributed by atoms with van der Waals surface area (Å²) in [6, 6.07) is 7.10. The molecule has 1 amide bonds. The average Bonchev–Trinajstić information content (AvgIpc) is 2.37. The van der Waals surface area contributed by atoms with Gasteiger partial charge in [0.15, 0.2) is 0 Å². The molecule has 0 aliphatic rings. The van der Waals surface area contributed by atoms with Gasteiger partial charge in [0.25, 0.3) is 0 Å². The normalized spacial score (nSPS) is 11.9. The van der Waals surface area contributed by atoms with E-state index in [0.717, 1.165) is 5.75 Å². The summed E-state index contributed by atoms with van der Waals surface area (Å²) in [5, 5.41) is 2.73. The van der Waals surface area contributed by atoms with Crippen LogP contribution in [0.25, 0.3) is 0 Å². The van der Waals surface area contributed by atoms with E-state index in [0.29, 0.717) is 5.69 Å². The Morgan fingerprint density at radius 2 is 1.76 bits per heavy atom. The van der Waals surface area contributed by atoms with Crippen LogP contribution in [0.3, 0.4) is 0 Å². The standard InChI is InChI=1S/C15H20INO4/c1-10(2)20-15(19)9-8-14(18)17-12-4-6-13(7-5-12)21-11(3)16/h4-7,10-11H,8-9H2,1-3H3,(H,17,18)/t11-/m1/s1. The third-order valence-corrected chi connectivity index (χ3v) is 2.61. The molecule has 0 aliphatic carbocycles. The smallest absolute Gasteiger partial charge is 0.306 e. The third kappa shape index (κ3) is 7.89. The van der Waals surface area contributed by atoms with E-state index in [1.807, 2.05) is 6.92 Å². The van der Waals surface area contributed by atoms with E-state index in [-0.39, 0.29) is 34.9 Å². The first-order valence-corrected chi connectivity index (χ1v) is 8.01. The van der Waals surface area contributed by atoms with Gasteiger partial charge in [0, 0.05) is 12.1 Å². The van der Waals surface area contributed by atoms with Gasteiger partial charge in [-0.25, -0.2) is 0 Å². The van der Waals surface area contributed by atoms with E-state index >= 15 is 0 Å². The van der Waals surface area contributed by atoms with E-state index in [9.17, 15) is 9.59 Å². The first kappa shape index (κ1) is 17.7. The van der Waals surface area contributed by atoms with Crippen molar-refractivity contribution in [2.45, 2.75) is 43.8 Å². The van der Waals surface area contributed by atoms with E-state index in [2.05, 4.69) is 27.9 Å². The Morgan fingerprint density at radius 1 is 1.14 bits per heavy atom. The molecule has 0 radical (unpaired) electrons. The van der Waals surface area contributed by atoms with Crippen molar-refractivity contribution < 1.29 is 19.1 Å². The minimum absolute atomic E-state index is 0.0787. The monoisotopic (exact) mass is 405 g/mol. The van der Waals surface area contributed by atoms with Crippen LogP contribution < -0.4 is 10.1 Å². The number of amides is 1. The molecule has 1 aromatic rings. The number of halogens is 1. The van der Waals surface area contributed by atoms with E-state index < -0.39 is 0 Å². The first-order valence-electron chi connectivity index (χ1n) is 6.77. The maximum Gasteiger partial charge on any atom is 0.306 e. The maximum absolute atomic E-state index is 11.7. The molecular formula is C15H20INO4. The van der Waals surface area contributed by atoms with Crippen LogP contribution in [0, 0.1) is 0 Å². The van der Waals surface area contributed by atoms with Gasteiger partial charge in [0.1, 0.15) is 9.86 Å². The van der Waals surface area contributed by atoms with E-state index in [4.69, 9.17) is 9.47 Å². The van der Waals surface area contributed by atoms with Crippen LogP contribution in [0.15, 0.2) is 24.3 Å². The zero-order valence-electron chi connectivity index (χ0n) is 12.4. The number of hydrogen-bond donors (Lipinski definition) is 1. The van der Waals surface area contributed by atoms with Gasteiger partial charge in [-0.1, -0.05) is 0 Å². The fraction of sp³-hybridized carbons (Fsp3) is 0.467. The summed E-state index contributed by atoms with van der Waals surface area (Å²) in [5.74, 6) is 0.168. The summed E-state index contributed by atoms with van der Waals surface area (Å²) in [6.45, 7) is 5.49. The molecule has 0 aliphatic heterocycles. The SMILES string of the molecule is CC(C)OC(=O)CCC(=O)Nc1ccc(O[C@H](C)I)cc1. The molecule has 5 nitrogen and oxygen atoms in total. The largest absolute Gasteiger partial charge is 0.480 e. The lowest BCUT2D eigenvalue weighted by molar-refractivity contribution is -0.148. The van der Waals surface area contributed by atoms with Gasteiger partial charge in [0.05, 0.1) is 12.5 Å². The number of anilines is 1. The molecule has 1 N–H and O–H groups in total. The highest BCUT2D eigenvalue weighted by Crippen LogP contribution is 2.18. The van der Waals surface area contributed by atoms with Crippen molar-refractivity contribution in [2.75, 3.05) is 5.32 Å². The van der Waals surface area contributed by atoms with Crippen molar-refractivity contribution >= 4 is 40.2 Å². The Bertz CT molecular complexity index is 471. The molecule has 0 saturated carbocycles. The minimum Gasteiger partial charge on any atom is -0.480 e. The molecule has 0 aromatic heterocycles. The average molecular weight is 405 g/mol. The minimum atomic E-state index is -0.361. The topological polar surface area (TPSA) is 64.6 Å². The Morgan fingerprint density at radius 3 is 2.29 bits per heavy atom. The van der Waals surface area contributed by atoms with Crippen molar-refractivity contribution in [3.63, 3.8) is 0 Å². The number of carbonyl (C=O) groups is 2. The lowest BCUT2D eigenvalue weighted by Crippen LogP contribution is -2.16. The molecule has 6 heteroatoms. The number of rotatable bonds is 7. The molecule has 21 heavy (non-hydrogen) atoms.